The molecule has 0 unspecified atom stereocenters. The Morgan fingerprint density at radius 2 is 2.28 bits per heavy atom. The molecule has 106 valence electrons. The van der Waals surface area contributed by atoms with Gasteiger partial charge >= 0.3 is 0 Å². The van der Waals surface area contributed by atoms with Crippen LogP contribution in [0.3, 0.4) is 0 Å². The van der Waals surface area contributed by atoms with Gasteiger partial charge in [-0.2, -0.15) is 11.8 Å². The fourth-order valence-electron chi connectivity index (χ4n) is 1.55. The smallest absolute Gasteiger partial charge is 0.193 e. The highest BCUT2D eigenvalue weighted by atomic mass is 32.2. The van der Waals surface area contributed by atoms with Gasteiger partial charge in [0.15, 0.2) is 5.96 Å². The number of nitrogens with one attached hydrogen (secondary N) is 1. The topological polar surface area (TPSA) is 36.9 Å². The SMILES string of the molecule is CCNC(=NCCSC)N(C)CCOCC1CC1. The standard InChI is InChI=1S/C13H27N3OS/c1-4-14-13(15-7-10-18-3)16(2)8-9-17-11-12-5-6-12/h12H,4-11H2,1-3H3,(H,14,15). The number of likely N-dealkylation sites (N-methyl/N-ethyl adjacent to an activating group) is 1. The molecule has 0 spiro atoms. The van der Waals surface area contributed by atoms with Gasteiger partial charge in [-0.05, 0) is 31.9 Å². The number of aliphatic imine (C=N–C) groups is 1. The van der Waals surface area contributed by atoms with Crippen LogP contribution in [-0.2, 0) is 4.74 Å². The van der Waals surface area contributed by atoms with Crippen molar-refractivity contribution in [3.8, 4) is 0 Å². The minimum absolute atomic E-state index is 0.792. The summed E-state index contributed by atoms with van der Waals surface area (Å²) < 4.78 is 5.65. The molecule has 0 saturated heterocycles. The monoisotopic (exact) mass is 273 g/mol. The summed E-state index contributed by atoms with van der Waals surface area (Å²) in [5, 5.41) is 3.31. The highest BCUT2D eigenvalue weighted by Gasteiger charge is 2.21. The average molecular weight is 273 g/mol. The first-order valence-corrected chi connectivity index (χ1v) is 8.23. The van der Waals surface area contributed by atoms with Crippen molar-refractivity contribution >= 4 is 17.7 Å². The molecule has 18 heavy (non-hydrogen) atoms. The molecule has 1 aliphatic rings. The van der Waals surface area contributed by atoms with Crippen LogP contribution in [0.4, 0.5) is 0 Å². The van der Waals surface area contributed by atoms with Crippen molar-refractivity contribution in [2.75, 3.05) is 51.9 Å². The lowest BCUT2D eigenvalue weighted by Gasteiger charge is -2.22. The zero-order valence-electron chi connectivity index (χ0n) is 11.9. The minimum atomic E-state index is 0.792. The Balaban J connectivity index is 2.18. The molecule has 1 saturated carbocycles. The van der Waals surface area contributed by atoms with Gasteiger partial charge in [0.2, 0.25) is 0 Å². The van der Waals surface area contributed by atoms with E-state index in [1.54, 1.807) is 0 Å². The van der Waals surface area contributed by atoms with E-state index in [1.165, 1.54) is 12.8 Å². The van der Waals surface area contributed by atoms with Gasteiger partial charge in [0.05, 0.1) is 13.2 Å². The van der Waals surface area contributed by atoms with E-state index < -0.39 is 0 Å². The first-order chi connectivity index (χ1) is 8.77. The highest BCUT2D eigenvalue weighted by molar-refractivity contribution is 7.98. The molecule has 0 amide bonds. The molecule has 0 radical (unpaired) electrons. The maximum Gasteiger partial charge on any atom is 0.193 e. The van der Waals surface area contributed by atoms with Crippen molar-refractivity contribution < 1.29 is 4.74 Å². The quantitative estimate of drug-likeness (QED) is 0.394. The molecule has 1 rings (SSSR count). The summed E-state index contributed by atoms with van der Waals surface area (Å²) in [4.78, 5) is 6.73. The normalized spacial score (nSPS) is 15.8. The molecule has 0 heterocycles. The Morgan fingerprint density at radius 1 is 1.50 bits per heavy atom. The molecule has 5 heteroatoms. The third-order valence-electron chi connectivity index (χ3n) is 2.87. The van der Waals surface area contributed by atoms with E-state index in [-0.39, 0.29) is 0 Å². The van der Waals surface area contributed by atoms with Crippen molar-refractivity contribution in [2.45, 2.75) is 19.8 Å². The van der Waals surface area contributed by atoms with E-state index in [9.17, 15) is 0 Å². The Kier molecular flexibility index (Phi) is 8.25. The molecule has 1 fully saturated rings. The zero-order valence-corrected chi connectivity index (χ0v) is 12.8. The van der Waals surface area contributed by atoms with Gasteiger partial charge in [-0.3, -0.25) is 4.99 Å². The van der Waals surface area contributed by atoms with Crippen molar-refractivity contribution in [1.29, 1.82) is 0 Å². The predicted octanol–water partition coefficient (Wildman–Crippen LogP) is 1.67. The van der Waals surface area contributed by atoms with Crippen molar-refractivity contribution in [1.82, 2.24) is 10.2 Å². The first kappa shape index (κ1) is 15.6. The Labute approximate surface area is 116 Å². The van der Waals surface area contributed by atoms with E-state index in [1.807, 2.05) is 11.8 Å². The van der Waals surface area contributed by atoms with Crippen molar-refractivity contribution in [2.24, 2.45) is 10.9 Å². The third kappa shape index (κ3) is 7.11. The van der Waals surface area contributed by atoms with Crippen LogP contribution in [0.2, 0.25) is 0 Å². The van der Waals surface area contributed by atoms with Crippen LogP contribution in [0.1, 0.15) is 19.8 Å². The largest absolute Gasteiger partial charge is 0.379 e. The summed E-state index contributed by atoms with van der Waals surface area (Å²) >= 11 is 1.83. The van der Waals surface area contributed by atoms with Crippen LogP contribution in [0.5, 0.6) is 0 Å². The molecular weight excluding hydrogens is 246 g/mol. The van der Waals surface area contributed by atoms with E-state index >= 15 is 0 Å². The molecule has 1 aliphatic carbocycles. The summed E-state index contributed by atoms with van der Waals surface area (Å²) in [7, 11) is 2.07. The van der Waals surface area contributed by atoms with Crippen LogP contribution in [0, 0.1) is 5.92 Å². The molecule has 0 aromatic carbocycles. The Bertz CT molecular complexity index is 244. The minimum Gasteiger partial charge on any atom is -0.379 e. The fraction of sp³-hybridized carbons (Fsp3) is 0.923. The van der Waals surface area contributed by atoms with Crippen LogP contribution in [0.25, 0.3) is 0 Å². The van der Waals surface area contributed by atoms with E-state index in [2.05, 4.69) is 35.4 Å². The summed E-state index contributed by atoms with van der Waals surface area (Å²) in [6.45, 7) is 6.51. The lowest BCUT2D eigenvalue weighted by atomic mass is 10.5. The molecular formula is C13H27N3OS. The predicted molar refractivity (Wildman–Crippen MR) is 80.5 cm³/mol. The van der Waals surface area contributed by atoms with Crippen LogP contribution >= 0.6 is 11.8 Å². The van der Waals surface area contributed by atoms with E-state index in [4.69, 9.17) is 4.74 Å². The van der Waals surface area contributed by atoms with Crippen LogP contribution in [-0.4, -0.2) is 62.8 Å². The molecule has 0 atom stereocenters. The summed E-state index contributed by atoms with van der Waals surface area (Å²) in [6, 6.07) is 0. The second-order valence-electron chi connectivity index (χ2n) is 4.67. The molecule has 0 aromatic rings. The average Bonchev–Trinajstić information content (AvgIpc) is 3.17. The maximum absolute atomic E-state index is 5.65. The summed E-state index contributed by atoms with van der Waals surface area (Å²) in [5.74, 6) is 2.90. The summed E-state index contributed by atoms with van der Waals surface area (Å²) in [5.41, 5.74) is 0. The number of hydrogen-bond acceptors (Lipinski definition) is 3. The second-order valence-corrected chi connectivity index (χ2v) is 5.65. The molecule has 1 N–H and O–H groups in total. The van der Waals surface area contributed by atoms with Gasteiger partial charge in [-0.15, -0.1) is 0 Å². The summed E-state index contributed by atoms with van der Waals surface area (Å²) in [6.07, 6.45) is 4.82. The molecule has 4 nitrogen and oxygen atoms in total. The number of hydrogen-bond donors (Lipinski definition) is 1. The van der Waals surface area contributed by atoms with Crippen LogP contribution in [0.15, 0.2) is 4.99 Å². The first-order valence-electron chi connectivity index (χ1n) is 6.84. The zero-order chi connectivity index (χ0) is 13.2. The fourth-order valence-corrected chi connectivity index (χ4v) is 1.83. The van der Waals surface area contributed by atoms with Crippen LogP contribution < -0.4 is 5.32 Å². The Hall–Kier alpha value is -0.420. The van der Waals surface area contributed by atoms with Gasteiger partial charge in [0.25, 0.3) is 0 Å². The number of rotatable bonds is 9. The van der Waals surface area contributed by atoms with Gasteiger partial charge in [0, 0.05) is 32.5 Å². The molecule has 0 bridgehead atoms. The van der Waals surface area contributed by atoms with Gasteiger partial charge in [-0.25, -0.2) is 0 Å². The van der Waals surface area contributed by atoms with Crippen molar-refractivity contribution in [3.63, 3.8) is 0 Å². The number of guanidine groups is 1. The number of thioether (sulfide) groups is 1. The van der Waals surface area contributed by atoms with Gasteiger partial charge < -0.3 is 15.0 Å². The van der Waals surface area contributed by atoms with Gasteiger partial charge in [0.1, 0.15) is 0 Å². The maximum atomic E-state index is 5.65. The number of nitrogens with zero attached hydrogens (tertiary/aromatic N) is 2. The lowest BCUT2D eigenvalue weighted by molar-refractivity contribution is 0.115. The molecule has 0 aliphatic heterocycles. The van der Waals surface area contributed by atoms with E-state index in [0.29, 0.717) is 0 Å². The molecule has 0 aromatic heterocycles. The lowest BCUT2D eigenvalue weighted by Crippen LogP contribution is -2.40. The van der Waals surface area contributed by atoms with Gasteiger partial charge in [-0.1, -0.05) is 0 Å². The van der Waals surface area contributed by atoms with Crippen molar-refractivity contribution in [3.05, 3.63) is 0 Å². The number of ether oxygens (including phenoxy) is 1. The third-order valence-corrected chi connectivity index (χ3v) is 3.47. The van der Waals surface area contributed by atoms with E-state index in [0.717, 1.165) is 50.5 Å². The second kappa shape index (κ2) is 9.50. The highest BCUT2D eigenvalue weighted by Crippen LogP contribution is 2.28. The Morgan fingerprint density at radius 3 is 2.89 bits per heavy atom.